The van der Waals surface area contributed by atoms with Gasteiger partial charge in [-0.25, -0.2) is 14.5 Å². The summed E-state index contributed by atoms with van der Waals surface area (Å²) in [5, 5.41) is 91.2. The van der Waals surface area contributed by atoms with E-state index in [4.69, 9.17) is 58.1 Å². The number of hydrogen-bond acceptors (Lipinski definition) is 19. The van der Waals surface area contributed by atoms with Crippen LogP contribution in [0.4, 0.5) is 0 Å². The molecule has 3 heterocycles. The maximum atomic E-state index is 11.1. The average Bonchev–Trinajstić information content (AvgIpc) is 3.02. The Hall–Kier alpha value is -2.18. The van der Waals surface area contributed by atoms with E-state index in [9.17, 15) is 40.2 Å². The SMILES string of the molecule is COC1OC(COCC(=O)O)[C@H](O[C@H]2O[C@H](C#CCOO)[C@@H](OC3OC(COCC(=O)O)[C@H](OC)[C@H](O)[C@H]3O)C(O)C2O)[C@H](O)[C@H]1O. The average molecular weight is 689 g/mol. The van der Waals surface area contributed by atoms with Crippen LogP contribution in [0.3, 0.4) is 0 Å². The zero-order valence-electron chi connectivity index (χ0n) is 25.1. The Morgan fingerprint density at radius 2 is 1.11 bits per heavy atom. The van der Waals surface area contributed by atoms with Gasteiger partial charge in [0.25, 0.3) is 0 Å². The number of aliphatic carboxylic acids is 2. The second-order valence-electron chi connectivity index (χ2n) is 10.5. The summed E-state index contributed by atoms with van der Waals surface area (Å²) in [5.74, 6) is 2.24. The van der Waals surface area contributed by atoms with Gasteiger partial charge < -0.3 is 83.5 Å². The van der Waals surface area contributed by atoms with Gasteiger partial charge in [-0.05, 0) is 0 Å². The first-order chi connectivity index (χ1) is 22.3. The predicted molar refractivity (Wildman–Crippen MR) is 143 cm³/mol. The fourth-order valence-electron chi connectivity index (χ4n) is 5.07. The molecule has 3 saturated heterocycles. The number of carboxylic acid groups (broad SMARTS) is 2. The molecule has 270 valence electrons. The van der Waals surface area contributed by atoms with E-state index in [0.29, 0.717) is 0 Å². The zero-order valence-corrected chi connectivity index (χ0v) is 25.1. The molecule has 3 aliphatic heterocycles. The highest BCUT2D eigenvalue weighted by molar-refractivity contribution is 5.68. The Labute approximate surface area is 266 Å². The first-order valence-corrected chi connectivity index (χ1v) is 14.1. The van der Waals surface area contributed by atoms with Gasteiger partial charge in [-0.2, -0.15) is 0 Å². The number of carboxylic acids is 2. The number of ether oxygens (including phenoxy) is 9. The number of rotatable bonds is 15. The molecule has 21 nitrogen and oxygen atoms in total. The molecular formula is C26H40O21. The highest BCUT2D eigenvalue weighted by Gasteiger charge is 2.53. The van der Waals surface area contributed by atoms with Crippen molar-refractivity contribution < 1.29 is 103 Å². The molecule has 0 aromatic heterocycles. The van der Waals surface area contributed by atoms with Gasteiger partial charge in [0.05, 0.1) is 13.2 Å². The normalized spacial score (nSPS) is 40.7. The highest BCUT2D eigenvalue weighted by Crippen LogP contribution is 2.33. The van der Waals surface area contributed by atoms with E-state index in [1.54, 1.807) is 0 Å². The molecule has 0 radical (unpaired) electrons. The van der Waals surface area contributed by atoms with E-state index < -0.39 is 137 Å². The van der Waals surface area contributed by atoms with Gasteiger partial charge in [-0.1, -0.05) is 11.8 Å². The Morgan fingerprint density at radius 3 is 1.64 bits per heavy atom. The van der Waals surface area contributed by atoms with E-state index in [2.05, 4.69) is 16.7 Å². The minimum Gasteiger partial charge on any atom is -0.480 e. The van der Waals surface area contributed by atoms with Crippen LogP contribution in [0.1, 0.15) is 0 Å². The van der Waals surface area contributed by atoms with Crippen molar-refractivity contribution in [1.82, 2.24) is 0 Å². The molecule has 3 aliphatic rings. The lowest BCUT2D eigenvalue weighted by Gasteiger charge is -2.47. The molecule has 0 bridgehead atoms. The third-order valence-electron chi connectivity index (χ3n) is 7.31. The van der Waals surface area contributed by atoms with Crippen LogP contribution >= 0.6 is 0 Å². The fraction of sp³-hybridized carbons (Fsp3) is 0.846. The summed E-state index contributed by atoms with van der Waals surface area (Å²) in [6, 6.07) is 0. The molecular weight excluding hydrogens is 648 g/mol. The molecule has 47 heavy (non-hydrogen) atoms. The molecule has 3 rings (SSSR count). The molecule has 0 amide bonds. The summed E-state index contributed by atoms with van der Waals surface area (Å²) >= 11 is 0. The van der Waals surface area contributed by atoms with E-state index in [1.807, 2.05) is 0 Å². The molecule has 21 heteroatoms. The number of aliphatic hydroxyl groups excluding tert-OH is 6. The predicted octanol–water partition coefficient (Wildman–Crippen LogP) is -5.55. The van der Waals surface area contributed by atoms with Crippen molar-refractivity contribution in [3.05, 3.63) is 0 Å². The maximum Gasteiger partial charge on any atom is 0.329 e. The first kappa shape index (κ1) is 39.3. The van der Waals surface area contributed by atoms with E-state index >= 15 is 0 Å². The van der Waals surface area contributed by atoms with Crippen LogP contribution < -0.4 is 0 Å². The van der Waals surface area contributed by atoms with Gasteiger partial charge in [0.1, 0.15) is 93.1 Å². The van der Waals surface area contributed by atoms with Crippen LogP contribution in [0.15, 0.2) is 0 Å². The van der Waals surface area contributed by atoms with Crippen molar-refractivity contribution in [1.29, 1.82) is 0 Å². The zero-order chi connectivity index (χ0) is 34.8. The number of carbonyl (C=O) groups is 2. The lowest BCUT2D eigenvalue weighted by molar-refractivity contribution is -0.372. The Bertz CT molecular complexity index is 1050. The highest BCUT2D eigenvalue weighted by atomic mass is 17.1. The van der Waals surface area contributed by atoms with Crippen LogP contribution in [0.2, 0.25) is 0 Å². The second-order valence-corrected chi connectivity index (χ2v) is 10.5. The lowest BCUT2D eigenvalue weighted by atomic mass is 9.96. The van der Waals surface area contributed by atoms with Gasteiger partial charge in [0.2, 0.25) is 0 Å². The lowest BCUT2D eigenvalue weighted by Crippen LogP contribution is -2.66. The molecule has 15 atom stereocenters. The summed E-state index contributed by atoms with van der Waals surface area (Å²) in [5.41, 5.74) is 0. The summed E-state index contributed by atoms with van der Waals surface area (Å²) in [7, 11) is 2.37. The van der Waals surface area contributed by atoms with Crippen LogP contribution in [0.25, 0.3) is 0 Å². The topological polar surface area (TPSA) is 309 Å². The minimum absolute atomic E-state index is 0.424. The minimum atomic E-state index is -2.00. The van der Waals surface area contributed by atoms with E-state index in [0.717, 1.165) is 0 Å². The molecule has 0 spiro atoms. The Kier molecular flexibility index (Phi) is 15.5. The fourth-order valence-corrected chi connectivity index (χ4v) is 5.07. The summed E-state index contributed by atoms with van der Waals surface area (Å²) in [4.78, 5) is 25.7. The number of aliphatic hydroxyl groups is 6. The van der Waals surface area contributed by atoms with Crippen LogP contribution in [0.5, 0.6) is 0 Å². The third-order valence-corrected chi connectivity index (χ3v) is 7.31. The van der Waals surface area contributed by atoms with Crippen LogP contribution in [-0.4, -0.2) is 197 Å². The molecule has 0 aliphatic carbocycles. The van der Waals surface area contributed by atoms with Crippen molar-refractivity contribution in [3.8, 4) is 11.8 Å². The third kappa shape index (κ3) is 10.2. The first-order valence-electron chi connectivity index (χ1n) is 14.1. The monoisotopic (exact) mass is 688 g/mol. The number of hydrogen-bond donors (Lipinski definition) is 9. The maximum absolute atomic E-state index is 11.1. The molecule has 3 fully saturated rings. The van der Waals surface area contributed by atoms with Crippen LogP contribution in [0, 0.1) is 11.8 Å². The van der Waals surface area contributed by atoms with Gasteiger partial charge in [0.15, 0.2) is 18.9 Å². The summed E-state index contributed by atoms with van der Waals surface area (Å²) in [6.07, 6.45) is -24.4. The largest absolute Gasteiger partial charge is 0.480 e. The van der Waals surface area contributed by atoms with E-state index in [-0.39, 0.29) is 0 Å². The summed E-state index contributed by atoms with van der Waals surface area (Å²) < 4.78 is 48.6. The van der Waals surface area contributed by atoms with Gasteiger partial charge >= 0.3 is 11.9 Å². The smallest absolute Gasteiger partial charge is 0.329 e. The van der Waals surface area contributed by atoms with Crippen molar-refractivity contribution >= 4 is 11.9 Å². The van der Waals surface area contributed by atoms with Gasteiger partial charge in [-0.3, -0.25) is 5.26 Å². The number of methoxy groups -OCH3 is 2. The standard InChI is InChI=1S/C26H40O21/c1-38-21-11(6-40-8-13(27)28)45-26(19(35)15(21)31)46-22-10(4-3-5-42-37)43-25(20(36)17(22)33)47-23-12(7-41-9-14(29)30)44-24(39-2)18(34)16(23)32/h10-12,15-26,31-37H,5-9H2,1-2H3,(H,27,28)(H,29,30)/t10-,11?,12?,15-,16-,17?,18-,19-,20?,21+,22-,23+,24?,25-,26?/m1/s1. The van der Waals surface area contributed by atoms with Crippen molar-refractivity contribution in [2.45, 2.75) is 92.1 Å². The van der Waals surface area contributed by atoms with Crippen molar-refractivity contribution in [2.24, 2.45) is 0 Å². The van der Waals surface area contributed by atoms with Gasteiger partial charge in [0, 0.05) is 14.2 Å². The molecule has 0 aromatic rings. The molecule has 9 N–H and O–H groups in total. The molecule has 0 aromatic carbocycles. The van der Waals surface area contributed by atoms with Gasteiger partial charge in [-0.15, -0.1) is 0 Å². The van der Waals surface area contributed by atoms with E-state index in [1.165, 1.54) is 14.2 Å². The van der Waals surface area contributed by atoms with Crippen LogP contribution in [-0.2, 0) is 57.1 Å². The molecule has 0 saturated carbocycles. The molecule has 6 unspecified atom stereocenters. The summed E-state index contributed by atoms with van der Waals surface area (Å²) in [6.45, 7) is -2.95. The van der Waals surface area contributed by atoms with Crippen molar-refractivity contribution in [3.63, 3.8) is 0 Å². The second kappa shape index (κ2) is 18.5. The quantitative estimate of drug-likeness (QED) is 0.0440. The Morgan fingerprint density at radius 1 is 0.638 bits per heavy atom. The van der Waals surface area contributed by atoms with Crippen molar-refractivity contribution in [2.75, 3.05) is 47.3 Å². The Balaban J connectivity index is 1.82.